The number of anilines is 1. The summed E-state index contributed by atoms with van der Waals surface area (Å²) in [6, 6.07) is 3.26. The van der Waals surface area contributed by atoms with Gasteiger partial charge in [-0.15, -0.1) is 0 Å². The van der Waals surface area contributed by atoms with Crippen LogP contribution in [0.3, 0.4) is 0 Å². The summed E-state index contributed by atoms with van der Waals surface area (Å²) in [5.74, 6) is -0.451. The van der Waals surface area contributed by atoms with Crippen LogP contribution in [0.15, 0.2) is 12.1 Å². The van der Waals surface area contributed by atoms with Gasteiger partial charge in [0.25, 0.3) is 5.91 Å². The van der Waals surface area contributed by atoms with Gasteiger partial charge in [-0.25, -0.2) is 0 Å². The predicted molar refractivity (Wildman–Crippen MR) is 68.0 cm³/mol. The molecule has 0 saturated heterocycles. The standard InChI is InChI=1S/C13H17F3N2O/c1-8-6-9(2)11(17)7-10(8)12(19)18(3)5-4-13(14,15)16/h6-7H,4-5,17H2,1-3H3. The van der Waals surface area contributed by atoms with Gasteiger partial charge in [-0.1, -0.05) is 6.07 Å². The van der Waals surface area contributed by atoms with Crippen molar-refractivity contribution in [3.8, 4) is 0 Å². The molecule has 0 saturated carbocycles. The van der Waals surface area contributed by atoms with Gasteiger partial charge in [0, 0.05) is 24.8 Å². The zero-order chi connectivity index (χ0) is 14.8. The van der Waals surface area contributed by atoms with Crippen LogP contribution >= 0.6 is 0 Å². The van der Waals surface area contributed by atoms with E-state index in [2.05, 4.69) is 0 Å². The third-order valence-electron chi connectivity index (χ3n) is 2.92. The summed E-state index contributed by atoms with van der Waals surface area (Å²) in [6.45, 7) is 3.18. The third-order valence-corrected chi connectivity index (χ3v) is 2.92. The fourth-order valence-corrected chi connectivity index (χ4v) is 1.70. The van der Waals surface area contributed by atoms with Crippen LogP contribution in [0.2, 0.25) is 0 Å². The Labute approximate surface area is 110 Å². The summed E-state index contributed by atoms with van der Waals surface area (Å²) < 4.78 is 36.4. The summed E-state index contributed by atoms with van der Waals surface area (Å²) in [7, 11) is 1.35. The number of rotatable bonds is 3. The Morgan fingerprint density at radius 2 is 1.84 bits per heavy atom. The first kappa shape index (κ1) is 15.3. The molecule has 0 bridgehead atoms. The van der Waals surface area contributed by atoms with Crippen molar-refractivity contribution in [1.29, 1.82) is 0 Å². The van der Waals surface area contributed by atoms with Crippen molar-refractivity contribution in [3.63, 3.8) is 0 Å². The first-order valence-electron chi connectivity index (χ1n) is 5.81. The lowest BCUT2D eigenvalue weighted by Gasteiger charge is -2.20. The van der Waals surface area contributed by atoms with E-state index in [-0.39, 0.29) is 6.54 Å². The van der Waals surface area contributed by atoms with Crippen LogP contribution < -0.4 is 5.73 Å². The van der Waals surface area contributed by atoms with Crippen molar-refractivity contribution < 1.29 is 18.0 Å². The highest BCUT2D eigenvalue weighted by atomic mass is 19.4. The van der Waals surface area contributed by atoms with Crippen LogP contribution in [0.5, 0.6) is 0 Å². The Balaban J connectivity index is 2.86. The van der Waals surface area contributed by atoms with Crippen LogP contribution in [0.25, 0.3) is 0 Å². The van der Waals surface area contributed by atoms with E-state index in [1.165, 1.54) is 13.1 Å². The van der Waals surface area contributed by atoms with E-state index in [4.69, 9.17) is 5.73 Å². The molecule has 0 spiro atoms. The molecule has 19 heavy (non-hydrogen) atoms. The number of alkyl halides is 3. The first-order chi connectivity index (χ1) is 8.61. The number of benzene rings is 1. The Morgan fingerprint density at radius 3 is 2.37 bits per heavy atom. The maximum Gasteiger partial charge on any atom is 0.390 e. The Hall–Kier alpha value is -1.72. The number of nitrogens with two attached hydrogens (primary N) is 1. The molecule has 0 fully saturated rings. The summed E-state index contributed by atoms with van der Waals surface area (Å²) in [5.41, 5.74) is 8.06. The second kappa shape index (κ2) is 5.50. The Morgan fingerprint density at radius 1 is 1.26 bits per heavy atom. The fraction of sp³-hybridized carbons (Fsp3) is 0.462. The fourth-order valence-electron chi connectivity index (χ4n) is 1.70. The molecule has 106 valence electrons. The van der Waals surface area contributed by atoms with Crippen molar-refractivity contribution in [2.24, 2.45) is 0 Å². The van der Waals surface area contributed by atoms with E-state index in [1.807, 2.05) is 6.92 Å². The van der Waals surface area contributed by atoms with Gasteiger partial charge in [0.05, 0.1) is 6.42 Å². The average molecular weight is 274 g/mol. The van der Waals surface area contributed by atoms with Gasteiger partial charge in [0.2, 0.25) is 0 Å². The molecule has 0 aliphatic heterocycles. The smallest absolute Gasteiger partial charge is 0.390 e. The summed E-state index contributed by atoms with van der Waals surface area (Å²) in [6.07, 6.45) is -5.29. The van der Waals surface area contributed by atoms with E-state index in [0.717, 1.165) is 10.5 Å². The van der Waals surface area contributed by atoms with Crippen LogP contribution in [0.1, 0.15) is 27.9 Å². The number of nitrogens with zero attached hydrogens (tertiary/aromatic N) is 1. The zero-order valence-corrected chi connectivity index (χ0v) is 11.1. The molecule has 0 aliphatic rings. The van der Waals surface area contributed by atoms with Crippen molar-refractivity contribution in [1.82, 2.24) is 4.90 Å². The molecular formula is C13H17F3N2O. The molecule has 1 aromatic rings. The van der Waals surface area contributed by atoms with E-state index in [1.54, 1.807) is 13.0 Å². The number of carbonyl (C=O) groups is 1. The molecule has 1 amide bonds. The molecule has 1 aromatic carbocycles. The molecule has 0 unspecified atom stereocenters. The number of halogens is 3. The number of hydrogen-bond acceptors (Lipinski definition) is 2. The molecule has 0 aromatic heterocycles. The van der Waals surface area contributed by atoms with Gasteiger partial charge < -0.3 is 10.6 Å². The van der Waals surface area contributed by atoms with Gasteiger partial charge in [0.15, 0.2) is 0 Å². The monoisotopic (exact) mass is 274 g/mol. The minimum atomic E-state index is -4.27. The number of amides is 1. The van der Waals surface area contributed by atoms with E-state index >= 15 is 0 Å². The average Bonchev–Trinajstić information content (AvgIpc) is 2.29. The maximum atomic E-state index is 12.1. The minimum Gasteiger partial charge on any atom is -0.398 e. The highest BCUT2D eigenvalue weighted by molar-refractivity contribution is 5.96. The second-order valence-electron chi connectivity index (χ2n) is 4.62. The summed E-state index contributed by atoms with van der Waals surface area (Å²) in [4.78, 5) is 13.1. The van der Waals surface area contributed by atoms with Crippen molar-refractivity contribution in [3.05, 3.63) is 28.8 Å². The predicted octanol–water partition coefficient (Wildman–Crippen LogP) is 2.91. The van der Waals surface area contributed by atoms with E-state index in [0.29, 0.717) is 16.8 Å². The highest BCUT2D eigenvalue weighted by Gasteiger charge is 2.28. The van der Waals surface area contributed by atoms with Crippen LogP contribution in [-0.4, -0.2) is 30.6 Å². The zero-order valence-electron chi connectivity index (χ0n) is 11.1. The molecule has 6 heteroatoms. The topological polar surface area (TPSA) is 46.3 Å². The molecule has 3 nitrogen and oxygen atoms in total. The van der Waals surface area contributed by atoms with Crippen LogP contribution in [0.4, 0.5) is 18.9 Å². The van der Waals surface area contributed by atoms with Crippen molar-refractivity contribution >= 4 is 11.6 Å². The lowest BCUT2D eigenvalue weighted by molar-refractivity contribution is -0.136. The summed E-state index contributed by atoms with van der Waals surface area (Å²) >= 11 is 0. The molecule has 0 radical (unpaired) electrons. The Kier molecular flexibility index (Phi) is 4.44. The van der Waals surface area contributed by atoms with Gasteiger partial charge in [-0.2, -0.15) is 13.2 Å². The number of hydrogen-bond donors (Lipinski definition) is 1. The third kappa shape index (κ3) is 4.15. The first-order valence-corrected chi connectivity index (χ1v) is 5.81. The van der Waals surface area contributed by atoms with Crippen molar-refractivity contribution in [2.45, 2.75) is 26.4 Å². The normalized spacial score (nSPS) is 11.5. The molecular weight excluding hydrogens is 257 g/mol. The van der Waals surface area contributed by atoms with Gasteiger partial charge in [0.1, 0.15) is 0 Å². The van der Waals surface area contributed by atoms with E-state index in [9.17, 15) is 18.0 Å². The number of carbonyl (C=O) groups excluding carboxylic acids is 1. The maximum absolute atomic E-state index is 12.1. The van der Waals surface area contributed by atoms with Gasteiger partial charge >= 0.3 is 6.18 Å². The van der Waals surface area contributed by atoms with Crippen LogP contribution in [0, 0.1) is 13.8 Å². The molecule has 0 aliphatic carbocycles. The molecule has 2 N–H and O–H groups in total. The van der Waals surface area contributed by atoms with Gasteiger partial charge in [-0.3, -0.25) is 4.79 Å². The number of aryl methyl sites for hydroxylation is 2. The molecule has 0 heterocycles. The lowest BCUT2D eigenvalue weighted by Crippen LogP contribution is -2.31. The Bertz CT molecular complexity index is 484. The van der Waals surface area contributed by atoms with Crippen molar-refractivity contribution in [2.75, 3.05) is 19.3 Å². The quantitative estimate of drug-likeness (QED) is 0.861. The van der Waals surface area contributed by atoms with Gasteiger partial charge in [-0.05, 0) is 31.0 Å². The SMILES string of the molecule is Cc1cc(C)c(C(=O)N(C)CCC(F)(F)F)cc1N. The molecule has 0 atom stereocenters. The van der Waals surface area contributed by atoms with Crippen LogP contribution in [-0.2, 0) is 0 Å². The minimum absolute atomic E-state index is 0.341. The lowest BCUT2D eigenvalue weighted by atomic mass is 10.0. The largest absolute Gasteiger partial charge is 0.398 e. The van der Waals surface area contributed by atoms with E-state index < -0.39 is 18.5 Å². The summed E-state index contributed by atoms with van der Waals surface area (Å²) in [5, 5.41) is 0. The number of nitrogen functional groups attached to an aromatic ring is 1. The molecule has 1 rings (SSSR count). The highest BCUT2D eigenvalue weighted by Crippen LogP contribution is 2.22. The second-order valence-corrected chi connectivity index (χ2v) is 4.62.